The van der Waals surface area contributed by atoms with E-state index in [0.29, 0.717) is 10.8 Å². The van der Waals surface area contributed by atoms with E-state index < -0.39 is 0 Å². The van der Waals surface area contributed by atoms with Crippen molar-refractivity contribution in [1.29, 1.82) is 0 Å². The van der Waals surface area contributed by atoms with Gasteiger partial charge in [0.05, 0.1) is 16.3 Å². The third-order valence-corrected chi connectivity index (χ3v) is 2.36. The molecule has 0 aliphatic rings. The second-order valence-corrected chi connectivity index (χ2v) is 3.14. The zero-order valence-corrected chi connectivity index (χ0v) is 9.33. The molecule has 0 unspecified atom stereocenters. The van der Waals surface area contributed by atoms with Gasteiger partial charge in [-0.15, -0.1) is 9.81 Å². The molecule has 6 heteroatoms. The summed E-state index contributed by atoms with van der Waals surface area (Å²) in [7, 11) is 0. The van der Waals surface area contributed by atoms with Crippen molar-refractivity contribution in [3.63, 3.8) is 0 Å². The standard InChI is InChI=1S/C10H14N4O2/c1-3-13(4-2)9-5-7-10(8-6-9)14(11-15)12-16/h5-8H,3-4H2,1-2H3. The van der Waals surface area contributed by atoms with E-state index in [4.69, 9.17) is 0 Å². The van der Waals surface area contributed by atoms with Crippen LogP contribution in [0.5, 0.6) is 0 Å². The average Bonchev–Trinajstić information content (AvgIpc) is 2.34. The molecule has 6 nitrogen and oxygen atoms in total. The van der Waals surface area contributed by atoms with Crippen molar-refractivity contribution in [3.05, 3.63) is 34.1 Å². The number of benzene rings is 1. The monoisotopic (exact) mass is 222 g/mol. The van der Waals surface area contributed by atoms with Gasteiger partial charge in [0.2, 0.25) is 0 Å². The summed E-state index contributed by atoms with van der Waals surface area (Å²) in [6.45, 7) is 5.92. The highest BCUT2D eigenvalue weighted by molar-refractivity contribution is 5.55. The summed E-state index contributed by atoms with van der Waals surface area (Å²) >= 11 is 0. The maximum Gasteiger partial charge on any atom is 0.0924 e. The van der Waals surface area contributed by atoms with E-state index in [2.05, 4.69) is 29.3 Å². The number of hydrogen-bond acceptors (Lipinski definition) is 5. The van der Waals surface area contributed by atoms with Gasteiger partial charge in [-0.3, -0.25) is 0 Å². The first-order valence-corrected chi connectivity index (χ1v) is 5.08. The van der Waals surface area contributed by atoms with Crippen LogP contribution in [0.15, 0.2) is 34.8 Å². The summed E-state index contributed by atoms with van der Waals surface area (Å²) in [6, 6.07) is 6.92. The largest absolute Gasteiger partial charge is 0.372 e. The van der Waals surface area contributed by atoms with Crippen LogP contribution in [-0.4, -0.2) is 13.1 Å². The lowest BCUT2D eigenvalue weighted by atomic mass is 10.2. The van der Waals surface area contributed by atoms with Crippen LogP contribution in [0.25, 0.3) is 0 Å². The van der Waals surface area contributed by atoms with Gasteiger partial charge >= 0.3 is 0 Å². The molecule has 0 N–H and O–H groups in total. The molecule has 86 valence electrons. The molecule has 0 fully saturated rings. The van der Waals surface area contributed by atoms with Crippen LogP contribution in [0.4, 0.5) is 11.4 Å². The van der Waals surface area contributed by atoms with Crippen LogP contribution in [0.2, 0.25) is 0 Å². The van der Waals surface area contributed by atoms with E-state index in [1.165, 1.54) is 0 Å². The smallest absolute Gasteiger partial charge is 0.0924 e. The summed E-state index contributed by atoms with van der Waals surface area (Å²) in [4.78, 5) is 22.6. The maximum atomic E-state index is 10.2. The van der Waals surface area contributed by atoms with E-state index in [1.54, 1.807) is 12.1 Å². The fraction of sp³-hybridized carbons (Fsp3) is 0.400. The molecule has 1 aromatic carbocycles. The first kappa shape index (κ1) is 12.1. The Bertz CT molecular complexity index is 340. The lowest BCUT2D eigenvalue weighted by Crippen LogP contribution is -2.21. The molecule has 16 heavy (non-hydrogen) atoms. The molecule has 0 amide bonds. The quantitative estimate of drug-likeness (QED) is 0.548. The first-order chi connectivity index (χ1) is 7.76. The fourth-order valence-corrected chi connectivity index (χ4v) is 1.49. The van der Waals surface area contributed by atoms with Crippen molar-refractivity contribution in [2.45, 2.75) is 13.8 Å². The Balaban J connectivity index is 2.89. The molecule has 0 aliphatic carbocycles. The Hall–Kier alpha value is -1.98. The van der Waals surface area contributed by atoms with Crippen molar-refractivity contribution >= 4 is 11.4 Å². The second kappa shape index (κ2) is 5.79. The number of rotatable bonds is 6. The fourth-order valence-electron chi connectivity index (χ4n) is 1.49. The number of nitroso groups, excluding NO2 is 2. The summed E-state index contributed by atoms with van der Waals surface area (Å²) < 4.78 is 0. The van der Waals surface area contributed by atoms with E-state index in [-0.39, 0.29) is 0 Å². The average molecular weight is 222 g/mol. The second-order valence-electron chi connectivity index (χ2n) is 3.14. The summed E-state index contributed by atoms with van der Waals surface area (Å²) in [5, 5.41) is 5.47. The van der Waals surface area contributed by atoms with Gasteiger partial charge in [-0.25, -0.2) is 0 Å². The molecular formula is C10H14N4O2. The minimum atomic E-state index is 0.362. The molecule has 0 aliphatic heterocycles. The lowest BCUT2D eigenvalue weighted by molar-refractivity contribution is 0.864. The van der Waals surface area contributed by atoms with Crippen molar-refractivity contribution < 1.29 is 0 Å². The van der Waals surface area contributed by atoms with Gasteiger partial charge in [0.15, 0.2) is 0 Å². The maximum absolute atomic E-state index is 10.2. The Kier molecular flexibility index (Phi) is 4.38. The predicted octanol–water partition coefficient (Wildman–Crippen LogP) is 2.70. The molecule has 1 rings (SSSR count). The minimum absolute atomic E-state index is 0.362. The Labute approximate surface area is 93.7 Å². The van der Waals surface area contributed by atoms with Gasteiger partial charge in [0.25, 0.3) is 0 Å². The molecule has 0 spiro atoms. The van der Waals surface area contributed by atoms with Crippen LogP contribution < -0.4 is 10.0 Å². The van der Waals surface area contributed by atoms with Crippen molar-refractivity contribution in [3.8, 4) is 0 Å². The van der Waals surface area contributed by atoms with Gasteiger partial charge in [-0.2, -0.15) is 0 Å². The molecule has 0 atom stereocenters. The number of hydrogen-bond donors (Lipinski definition) is 0. The Morgan fingerprint density at radius 1 is 0.938 bits per heavy atom. The predicted molar refractivity (Wildman–Crippen MR) is 64.1 cm³/mol. The molecule has 0 aromatic heterocycles. The van der Waals surface area contributed by atoms with Gasteiger partial charge in [0.1, 0.15) is 0 Å². The van der Waals surface area contributed by atoms with E-state index in [1.807, 2.05) is 12.1 Å². The summed E-state index contributed by atoms with van der Waals surface area (Å²) in [5.41, 5.74) is 1.39. The van der Waals surface area contributed by atoms with E-state index in [0.717, 1.165) is 18.8 Å². The van der Waals surface area contributed by atoms with Crippen LogP contribution in [-0.2, 0) is 0 Å². The number of anilines is 2. The SMILES string of the molecule is CCN(CC)c1ccc(N(N=O)N=O)cc1. The van der Waals surface area contributed by atoms with Gasteiger partial charge < -0.3 is 4.90 Å². The third kappa shape index (κ3) is 2.53. The number of nitrogens with zero attached hydrogens (tertiary/aromatic N) is 4. The molecule has 0 bridgehead atoms. The lowest BCUT2D eigenvalue weighted by Gasteiger charge is -2.21. The third-order valence-electron chi connectivity index (χ3n) is 2.36. The van der Waals surface area contributed by atoms with Gasteiger partial charge in [-0.05, 0) is 38.1 Å². The summed E-state index contributed by atoms with van der Waals surface area (Å²) in [5.74, 6) is 0. The summed E-state index contributed by atoms with van der Waals surface area (Å²) in [6.07, 6.45) is 0. The zero-order valence-electron chi connectivity index (χ0n) is 9.33. The van der Waals surface area contributed by atoms with Crippen LogP contribution in [0.1, 0.15) is 13.8 Å². The highest BCUT2D eigenvalue weighted by Gasteiger charge is 2.07. The minimum Gasteiger partial charge on any atom is -0.372 e. The molecule has 0 saturated carbocycles. The van der Waals surface area contributed by atoms with E-state index >= 15 is 0 Å². The normalized spacial score (nSPS) is 9.62. The molecule has 0 saturated heterocycles. The topological polar surface area (TPSA) is 65.3 Å². The first-order valence-electron chi connectivity index (χ1n) is 5.08. The van der Waals surface area contributed by atoms with Crippen LogP contribution >= 0.6 is 0 Å². The molecular weight excluding hydrogens is 208 g/mol. The van der Waals surface area contributed by atoms with Crippen LogP contribution in [0, 0.1) is 9.81 Å². The Morgan fingerprint density at radius 3 is 1.75 bits per heavy atom. The highest BCUT2D eigenvalue weighted by atomic mass is 16.4. The van der Waals surface area contributed by atoms with Crippen LogP contribution in [0.3, 0.4) is 0 Å². The zero-order chi connectivity index (χ0) is 12.0. The van der Waals surface area contributed by atoms with Crippen molar-refractivity contribution in [2.24, 2.45) is 10.6 Å². The molecule has 0 radical (unpaired) electrons. The molecule has 1 aromatic rings. The van der Waals surface area contributed by atoms with Gasteiger partial charge in [-0.1, -0.05) is 5.12 Å². The van der Waals surface area contributed by atoms with E-state index in [9.17, 15) is 9.81 Å². The highest BCUT2D eigenvalue weighted by Crippen LogP contribution is 2.20. The van der Waals surface area contributed by atoms with Crippen molar-refractivity contribution in [1.82, 2.24) is 0 Å². The van der Waals surface area contributed by atoms with Gasteiger partial charge in [0, 0.05) is 18.8 Å². The Morgan fingerprint density at radius 2 is 1.38 bits per heavy atom. The molecule has 0 heterocycles. The van der Waals surface area contributed by atoms with Crippen molar-refractivity contribution in [2.75, 3.05) is 23.1 Å².